The fourth-order valence-electron chi connectivity index (χ4n) is 1.53. The largest absolute Gasteiger partial charge is 0.431 e. The average molecular weight is 273 g/mol. The van der Waals surface area contributed by atoms with E-state index < -0.39 is 0 Å². The Bertz CT molecular complexity index is 755. The predicted octanol–water partition coefficient (Wildman–Crippen LogP) is 2.36. The number of aryl methyl sites for hydroxylation is 2. The van der Waals surface area contributed by atoms with Crippen molar-refractivity contribution < 1.29 is 4.42 Å². The smallest absolute Gasteiger partial charge is 0.264 e. The van der Waals surface area contributed by atoms with Crippen LogP contribution in [-0.2, 0) is 0 Å². The van der Waals surface area contributed by atoms with Crippen LogP contribution in [0.2, 0.25) is 0 Å². The maximum Gasteiger partial charge on any atom is 0.264 e. The second-order valence-corrected chi connectivity index (χ2v) is 4.99. The number of nitrogens with zero attached hydrogens (tertiary/aromatic N) is 4. The van der Waals surface area contributed by atoms with E-state index in [-0.39, 0.29) is 0 Å². The monoisotopic (exact) mass is 273 g/mol. The van der Waals surface area contributed by atoms with Gasteiger partial charge in [-0.25, -0.2) is 9.97 Å². The topological polar surface area (TPSA) is 90.7 Å². The Morgan fingerprint density at radius 1 is 1.11 bits per heavy atom. The maximum absolute atomic E-state index is 5.70. The van der Waals surface area contributed by atoms with Crippen molar-refractivity contribution in [2.24, 2.45) is 0 Å². The second kappa shape index (κ2) is 4.51. The number of hydrogen-bond donors (Lipinski definition) is 1. The van der Waals surface area contributed by atoms with E-state index in [1.165, 1.54) is 11.8 Å². The van der Waals surface area contributed by atoms with Crippen LogP contribution in [0, 0.1) is 13.8 Å². The standard InChI is InChI=1S/C12H11N5OS/c1-6-7(2)16-17-11(14-6)19-12-15-9-5-8(13)3-4-10(9)18-12/h3-5H,13H2,1-2H3. The Labute approximate surface area is 113 Å². The van der Waals surface area contributed by atoms with E-state index in [9.17, 15) is 0 Å². The summed E-state index contributed by atoms with van der Waals surface area (Å²) in [7, 11) is 0. The van der Waals surface area contributed by atoms with E-state index in [1.54, 1.807) is 18.2 Å². The van der Waals surface area contributed by atoms with Crippen LogP contribution < -0.4 is 5.73 Å². The minimum atomic E-state index is 0.477. The number of fused-ring (bicyclic) bond motifs is 1. The first-order valence-electron chi connectivity index (χ1n) is 5.63. The van der Waals surface area contributed by atoms with Crippen molar-refractivity contribution in [1.82, 2.24) is 20.2 Å². The number of anilines is 1. The molecule has 0 aliphatic heterocycles. The van der Waals surface area contributed by atoms with E-state index in [0.29, 0.717) is 21.6 Å². The van der Waals surface area contributed by atoms with Crippen LogP contribution in [0.25, 0.3) is 11.1 Å². The molecule has 0 saturated heterocycles. The highest BCUT2D eigenvalue weighted by atomic mass is 32.2. The zero-order valence-electron chi connectivity index (χ0n) is 10.4. The summed E-state index contributed by atoms with van der Waals surface area (Å²) in [6.45, 7) is 3.76. The summed E-state index contributed by atoms with van der Waals surface area (Å²) in [5.41, 5.74) is 9.42. The molecular formula is C12H11N5OS. The van der Waals surface area contributed by atoms with Crippen LogP contribution in [0.1, 0.15) is 11.4 Å². The van der Waals surface area contributed by atoms with Gasteiger partial charge in [0.25, 0.3) is 5.22 Å². The number of aromatic nitrogens is 4. The molecule has 7 heteroatoms. The lowest BCUT2D eigenvalue weighted by Crippen LogP contribution is -1.97. The summed E-state index contributed by atoms with van der Waals surface area (Å²) < 4.78 is 5.59. The van der Waals surface area contributed by atoms with E-state index >= 15 is 0 Å². The van der Waals surface area contributed by atoms with Crippen molar-refractivity contribution >= 4 is 28.5 Å². The third-order valence-corrected chi connectivity index (χ3v) is 3.35. The predicted molar refractivity (Wildman–Crippen MR) is 71.8 cm³/mol. The van der Waals surface area contributed by atoms with Gasteiger partial charge in [-0.1, -0.05) is 0 Å². The number of nitrogen functional groups attached to an aromatic ring is 1. The minimum Gasteiger partial charge on any atom is -0.431 e. The Balaban J connectivity index is 1.94. The van der Waals surface area contributed by atoms with Gasteiger partial charge in [0.15, 0.2) is 5.58 Å². The Morgan fingerprint density at radius 3 is 2.74 bits per heavy atom. The SMILES string of the molecule is Cc1nnc(Sc2nc3cc(N)ccc3o2)nc1C. The molecule has 0 radical (unpaired) electrons. The molecule has 3 aromatic rings. The molecule has 0 amide bonds. The van der Waals surface area contributed by atoms with Crippen molar-refractivity contribution in [3.8, 4) is 0 Å². The normalized spacial score (nSPS) is 11.1. The lowest BCUT2D eigenvalue weighted by Gasteiger charge is -1.98. The van der Waals surface area contributed by atoms with Crippen LogP contribution in [0.3, 0.4) is 0 Å². The number of benzene rings is 1. The molecule has 0 unspecified atom stereocenters. The maximum atomic E-state index is 5.70. The summed E-state index contributed by atoms with van der Waals surface area (Å²) in [6.07, 6.45) is 0. The molecule has 19 heavy (non-hydrogen) atoms. The molecule has 6 nitrogen and oxygen atoms in total. The van der Waals surface area contributed by atoms with Gasteiger partial charge in [0.05, 0.1) is 11.4 Å². The third-order valence-electron chi connectivity index (χ3n) is 2.64. The molecule has 0 atom stereocenters. The van der Waals surface area contributed by atoms with Crippen LogP contribution in [0.15, 0.2) is 33.0 Å². The molecule has 0 aliphatic rings. The lowest BCUT2D eigenvalue weighted by molar-refractivity contribution is 0.488. The summed E-state index contributed by atoms with van der Waals surface area (Å²) in [4.78, 5) is 8.65. The van der Waals surface area contributed by atoms with Crippen LogP contribution in [-0.4, -0.2) is 20.2 Å². The van der Waals surface area contributed by atoms with E-state index in [4.69, 9.17) is 10.2 Å². The highest BCUT2D eigenvalue weighted by molar-refractivity contribution is 7.98. The van der Waals surface area contributed by atoms with E-state index in [0.717, 1.165) is 16.9 Å². The fraction of sp³-hybridized carbons (Fsp3) is 0.167. The highest BCUT2D eigenvalue weighted by Crippen LogP contribution is 2.28. The number of oxazole rings is 1. The third kappa shape index (κ3) is 2.37. The quantitative estimate of drug-likeness (QED) is 0.716. The van der Waals surface area contributed by atoms with E-state index in [1.807, 2.05) is 13.8 Å². The van der Waals surface area contributed by atoms with Gasteiger partial charge < -0.3 is 10.2 Å². The van der Waals surface area contributed by atoms with Crippen molar-refractivity contribution in [2.75, 3.05) is 5.73 Å². The number of rotatable bonds is 2. The van der Waals surface area contributed by atoms with Gasteiger partial charge >= 0.3 is 0 Å². The van der Waals surface area contributed by atoms with Crippen molar-refractivity contribution in [2.45, 2.75) is 24.2 Å². The Hall–Kier alpha value is -2.15. The molecule has 3 rings (SSSR count). The van der Waals surface area contributed by atoms with Gasteiger partial charge in [-0.3, -0.25) is 0 Å². The summed E-state index contributed by atoms with van der Waals surface area (Å²) in [5.74, 6) is 0. The van der Waals surface area contributed by atoms with Gasteiger partial charge in [-0.15, -0.1) is 5.10 Å². The van der Waals surface area contributed by atoms with Gasteiger partial charge in [0.2, 0.25) is 5.16 Å². The zero-order valence-corrected chi connectivity index (χ0v) is 11.2. The van der Waals surface area contributed by atoms with Gasteiger partial charge in [-0.2, -0.15) is 5.10 Å². The molecule has 2 N–H and O–H groups in total. The summed E-state index contributed by atoms with van der Waals surface area (Å²) >= 11 is 1.24. The van der Waals surface area contributed by atoms with E-state index in [2.05, 4.69) is 20.2 Å². The zero-order chi connectivity index (χ0) is 13.4. The molecule has 0 spiro atoms. The molecule has 0 saturated carbocycles. The molecule has 0 fully saturated rings. The van der Waals surface area contributed by atoms with Gasteiger partial charge in [0, 0.05) is 17.4 Å². The first-order chi connectivity index (χ1) is 9.11. The summed E-state index contributed by atoms with van der Waals surface area (Å²) in [5, 5.41) is 9.01. The molecule has 2 aromatic heterocycles. The first-order valence-corrected chi connectivity index (χ1v) is 6.45. The molecular weight excluding hydrogens is 262 g/mol. The van der Waals surface area contributed by atoms with Crippen molar-refractivity contribution in [3.63, 3.8) is 0 Å². The van der Waals surface area contributed by atoms with Gasteiger partial charge in [0.1, 0.15) is 5.52 Å². The van der Waals surface area contributed by atoms with Crippen LogP contribution >= 0.6 is 11.8 Å². The molecule has 96 valence electrons. The van der Waals surface area contributed by atoms with Gasteiger partial charge in [-0.05, 0) is 32.0 Å². The molecule has 0 bridgehead atoms. The number of nitrogens with two attached hydrogens (primary N) is 1. The molecule has 2 heterocycles. The van der Waals surface area contributed by atoms with Crippen LogP contribution in [0.5, 0.6) is 0 Å². The average Bonchev–Trinajstić information content (AvgIpc) is 2.75. The minimum absolute atomic E-state index is 0.477. The fourth-order valence-corrected chi connectivity index (χ4v) is 2.22. The number of hydrogen-bond acceptors (Lipinski definition) is 7. The molecule has 1 aromatic carbocycles. The molecule has 0 aliphatic carbocycles. The van der Waals surface area contributed by atoms with Crippen LogP contribution in [0.4, 0.5) is 5.69 Å². The van der Waals surface area contributed by atoms with Crippen molar-refractivity contribution in [1.29, 1.82) is 0 Å². The summed E-state index contributed by atoms with van der Waals surface area (Å²) in [6, 6.07) is 5.33. The van der Waals surface area contributed by atoms with Crippen molar-refractivity contribution in [3.05, 3.63) is 29.6 Å². The Morgan fingerprint density at radius 2 is 1.95 bits per heavy atom. The Kier molecular flexibility index (Phi) is 2.83. The first kappa shape index (κ1) is 11.9. The lowest BCUT2D eigenvalue weighted by atomic mass is 10.3. The highest BCUT2D eigenvalue weighted by Gasteiger charge is 2.10. The second-order valence-electron chi connectivity index (χ2n) is 4.07.